The molecule has 0 aromatic rings. The summed E-state index contributed by atoms with van der Waals surface area (Å²) in [6, 6.07) is 0. The molecule has 1 unspecified atom stereocenters. The third-order valence-corrected chi connectivity index (χ3v) is 3.87. The zero-order valence-corrected chi connectivity index (χ0v) is 12.9. The molecule has 1 fully saturated rings. The standard InChI is InChI=1S/C15H28ClNO/c1-15(2,3)10-13(16)11-17-14(18)12-8-6-4-5-7-9-12/h12-13H,4-11H2,1-3H3,(H,17,18). The SMILES string of the molecule is CC(C)(C)CC(Cl)CNC(=O)C1CCCCCC1. The number of hydrogen-bond acceptors (Lipinski definition) is 1. The van der Waals surface area contributed by atoms with Crippen LogP contribution < -0.4 is 5.32 Å². The molecule has 0 aromatic carbocycles. The smallest absolute Gasteiger partial charge is 0.223 e. The highest BCUT2D eigenvalue weighted by Crippen LogP contribution is 2.24. The van der Waals surface area contributed by atoms with Crippen LogP contribution in [-0.2, 0) is 4.79 Å². The van der Waals surface area contributed by atoms with Crippen LogP contribution in [0.3, 0.4) is 0 Å². The van der Waals surface area contributed by atoms with E-state index in [1.165, 1.54) is 25.7 Å². The van der Waals surface area contributed by atoms with Gasteiger partial charge in [0.05, 0.1) is 5.38 Å². The molecule has 0 bridgehead atoms. The molecule has 106 valence electrons. The number of halogens is 1. The van der Waals surface area contributed by atoms with Crippen LogP contribution in [0.5, 0.6) is 0 Å². The van der Waals surface area contributed by atoms with Crippen LogP contribution >= 0.6 is 11.6 Å². The highest BCUT2D eigenvalue weighted by molar-refractivity contribution is 6.20. The lowest BCUT2D eigenvalue weighted by Crippen LogP contribution is -2.35. The maximum Gasteiger partial charge on any atom is 0.223 e. The number of amides is 1. The van der Waals surface area contributed by atoms with Gasteiger partial charge in [0.2, 0.25) is 5.91 Å². The lowest BCUT2D eigenvalue weighted by Gasteiger charge is -2.23. The van der Waals surface area contributed by atoms with E-state index in [0.717, 1.165) is 19.3 Å². The van der Waals surface area contributed by atoms with Gasteiger partial charge in [-0.05, 0) is 24.7 Å². The molecule has 1 rings (SSSR count). The van der Waals surface area contributed by atoms with Crippen molar-refractivity contribution in [2.45, 2.75) is 71.1 Å². The normalized spacial score (nSPS) is 20.2. The molecule has 0 aliphatic heterocycles. The van der Waals surface area contributed by atoms with Gasteiger partial charge in [0.25, 0.3) is 0 Å². The molecule has 0 heterocycles. The Morgan fingerprint density at radius 2 is 1.78 bits per heavy atom. The van der Waals surface area contributed by atoms with Crippen molar-refractivity contribution in [2.24, 2.45) is 11.3 Å². The van der Waals surface area contributed by atoms with Crippen molar-refractivity contribution in [1.29, 1.82) is 0 Å². The second kappa shape index (κ2) is 7.37. The summed E-state index contributed by atoms with van der Waals surface area (Å²) >= 11 is 6.27. The maximum absolute atomic E-state index is 12.1. The van der Waals surface area contributed by atoms with E-state index in [1.807, 2.05) is 0 Å². The third-order valence-electron chi connectivity index (χ3n) is 3.56. The molecule has 0 saturated heterocycles. The first kappa shape index (κ1) is 15.8. The summed E-state index contributed by atoms with van der Waals surface area (Å²) in [6.45, 7) is 7.13. The highest BCUT2D eigenvalue weighted by Gasteiger charge is 2.22. The van der Waals surface area contributed by atoms with Crippen LogP contribution in [0.4, 0.5) is 0 Å². The first-order valence-electron chi connectivity index (χ1n) is 7.30. The molecule has 1 saturated carbocycles. The molecule has 0 aromatic heterocycles. The van der Waals surface area contributed by atoms with Gasteiger partial charge in [-0.25, -0.2) is 0 Å². The van der Waals surface area contributed by atoms with Gasteiger partial charge in [0.15, 0.2) is 0 Å². The van der Waals surface area contributed by atoms with E-state index in [2.05, 4.69) is 26.1 Å². The molecule has 1 atom stereocenters. The van der Waals surface area contributed by atoms with Crippen molar-refractivity contribution >= 4 is 17.5 Å². The zero-order valence-electron chi connectivity index (χ0n) is 12.1. The van der Waals surface area contributed by atoms with Crippen LogP contribution in [0, 0.1) is 11.3 Å². The Hall–Kier alpha value is -0.240. The fourth-order valence-corrected chi connectivity index (χ4v) is 3.17. The van der Waals surface area contributed by atoms with Gasteiger partial charge in [-0.15, -0.1) is 11.6 Å². The molecule has 3 heteroatoms. The molecule has 0 radical (unpaired) electrons. The van der Waals surface area contributed by atoms with Crippen molar-refractivity contribution in [3.63, 3.8) is 0 Å². The minimum Gasteiger partial charge on any atom is -0.354 e. The van der Waals surface area contributed by atoms with Crippen LogP contribution in [0.2, 0.25) is 0 Å². The van der Waals surface area contributed by atoms with Gasteiger partial charge in [-0.2, -0.15) is 0 Å². The predicted molar refractivity (Wildman–Crippen MR) is 77.9 cm³/mol. The van der Waals surface area contributed by atoms with E-state index in [0.29, 0.717) is 6.54 Å². The Bertz CT molecular complexity index is 252. The fourth-order valence-electron chi connectivity index (χ4n) is 2.63. The van der Waals surface area contributed by atoms with Crippen molar-refractivity contribution in [2.75, 3.05) is 6.54 Å². The number of carbonyl (C=O) groups excluding carboxylic acids is 1. The molecule has 18 heavy (non-hydrogen) atoms. The molecular formula is C15H28ClNO. The second-order valence-electron chi connectivity index (χ2n) is 6.80. The van der Waals surface area contributed by atoms with Gasteiger partial charge in [-0.3, -0.25) is 4.79 Å². The number of carbonyl (C=O) groups is 1. The van der Waals surface area contributed by atoms with E-state index in [-0.39, 0.29) is 22.6 Å². The minimum absolute atomic E-state index is 0.0414. The topological polar surface area (TPSA) is 29.1 Å². The van der Waals surface area contributed by atoms with Gasteiger partial charge in [0, 0.05) is 12.5 Å². The molecule has 1 aliphatic carbocycles. The van der Waals surface area contributed by atoms with Crippen LogP contribution in [-0.4, -0.2) is 17.8 Å². The van der Waals surface area contributed by atoms with Gasteiger partial charge in [-0.1, -0.05) is 46.5 Å². The summed E-state index contributed by atoms with van der Waals surface area (Å²) in [5.74, 6) is 0.447. The fraction of sp³-hybridized carbons (Fsp3) is 0.933. The number of nitrogens with one attached hydrogen (secondary N) is 1. The summed E-state index contributed by atoms with van der Waals surface area (Å²) in [6.07, 6.45) is 8.00. The molecule has 1 aliphatic rings. The first-order valence-corrected chi connectivity index (χ1v) is 7.74. The summed E-state index contributed by atoms with van der Waals surface area (Å²) in [5.41, 5.74) is 0.222. The number of alkyl halides is 1. The van der Waals surface area contributed by atoms with Crippen LogP contribution in [0.15, 0.2) is 0 Å². The lowest BCUT2D eigenvalue weighted by molar-refractivity contribution is -0.125. The van der Waals surface area contributed by atoms with Crippen LogP contribution in [0.1, 0.15) is 65.7 Å². The molecule has 1 N–H and O–H groups in total. The zero-order chi connectivity index (χ0) is 13.6. The van der Waals surface area contributed by atoms with Crippen molar-refractivity contribution in [3.8, 4) is 0 Å². The predicted octanol–water partition coefficient (Wildman–Crippen LogP) is 4.12. The van der Waals surface area contributed by atoms with Gasteiger partial charge < -0.3 is 5.32 Å². The highest BCUT2D eigenvalue weighted by atomic mass is 35.5. The molecular weight excluding hydrogens is 246 g/mol. The Morgan fingerprint density at radius 3 is 2.28 bits per heavy atom. The largest absolute Gasteiger partial charge is 0.354 e. The average Bonchev–Trinajstić information content (AvgIpc) is 2.52. The van der Waals surface area contributed by atoms with Gasteiger partial charge >= 0.3 is 0 Å². The molecule has 0 spiro atoms. The Balaban J connectivity index is 2.27. The summed E-state index contributed by atoms with van der Waals surface area (Å²) in [4.78, 5) is 12.1. The molecule has 1 amide bonds. The summed E-state index contributed by atoms with van der Waals surface area (Å²) < 4.78 is 0. The van der Waals surface area contributed by atoms with E-state index < -0.39 is 0 Å². The Labute approximate surface area is 117 Å². The average molecular weight is 274 g/mol. The number of hydrogen-bond donors (Lipinski definition) is 1. The summed E-state index contributed by atoms with van der Waals surface area (Å²) in [5, 5.41) is 3.07. The molecule has 2 nitrogen and oxygen atoms in total. The summed E-state index contributed by atoms with van der Waals surface area (Å²) in [7, 11) is 0. The first-order chi connectivity index (χ1) is 8.38. The lowest BCUT2D eigenvalue weighted by atomic mass is 9.90. The maximum atomic E-state index is 12.1. The Morgan fingerprint density at radius 1 is 1.22 bits per heavy atom. The third kappa shape index (κ3) is 6.63. The number of rotatable bonds is 4. The van der Waals surface area contributed by atoms with E-state index in [9.17, 15) is 4.79 Å². The van der Waals surface area contributed by atoms with Crippen LogP contribution in [0.25, 0.3) is 0 Å². The van der Waals surface area contributed by atoms with Gasteiger partial charge in [0.1, 0.15) is 0 Å². The monoisotopic (exact) mass is 273 g/mol. The van der Waals surface area contributed by atoms with Crippen molar-refractivity contribution in [3.05, 3.63) is 0 Å². The van der Waals surface area contributed by atoms with E-state index in [1.54, 1.807) is 0 Å². The van der Waals surface area contributed by atoms with Crippen molar-refractivity contribution in [1.82, 2.24) is 5.32 Å². The van der Waals surface area contributed by atoms with Crippen molar-refractivity contribution < 1.29 is 4.79 Å². The second-order valence-corrected chi connectivity index (χ2v) is 7.41. The Kier molecular flexibility index (Phi) is 6.48. The quantitative estimate of drug-likeness (QED) is 0.606. The van der Waals surface area contributed by atoms with E-state index >= 15 is 0 Å². The van der Waals surface area contributed by atoms with E-state index in [4.69, 9.17) is 11.6 Å². The minimum atomic E-state index is 0.0414.